The molecule has 0 unspecified atom stereocenters. The SMILES string of the molecule is COc1ccc([C@@H]2[B]c3ccccc3N(CCN(C)C)C(=O)[C@@H]2OC(C)=O)cc1. The van der Waals surface area contributed by atoms with Crippen LogP contribution in [0.1, 0.15) is 18.3 Å². The van der Waals surface area contributed by atoms with Crippen molar-refractivity contribution >= 4 is 30.3 Å². The molecule has 1 heterocycles. The summed E-state index contributed by atoms with van der Waals surface area (Å²) in [7, 11) is 7.54. The lowest BCUT2D eigenvalue weighted by Gasteiger charge is -2.29. The monoisotopic (exact) mass is 393 g/mol. The summed E-state index contributed by atoms with van der Waals surface area (Å²) in [6, 6.07) is 15.3. The predicted molar refractivity (Wildman–Crippen MR) is 114 cm³/mol. The Labute approximate surface area is 172 Å². The molecule has 3 rings (SSSR count). The number of para-hydroxylation sites is 1. The molecule has 29 heavy (non-hydrogen) atoms. The van der Waals surface area contributed by atoms with E-state index in [2.05, 4.69) is 0 Å². The van der Waals surface area contributed by atoms with Gasteiger partial charge in [0.25, 0.3) is 5.91 Å². The molecule has 0 fully saturated rings. The van der Waals surface area contributed by atoms with Gasteiger partial charge in [0.05, 0.1) is 7.11 Å². The second kappa shape index (κ2) is 9.14. The van der Waals surface area contributed by atoms with Crippen LogP contribution in [0.5, 0.6) is 5.75 Å². The Bertz CT molecular complexity index is 869. The van der Waals surface area contributed by atoms with Gasteiger partial charge in [-0.1, -0.05) is 35.8 Å². The third kappa shape index (κ3) is 4.79. The first kappa shape index (κ1) is 20.9. The summed E-state index contributed by atoms with van der Waals surface area (Å²) < 4.78 is 10.8. The summed E-state index contributed by atoms with van der Waals surface area (Å²) in [5.41, 5.74) is 2.65. The van der Waals surface area contributed by atoms with Crippen molar-refractivity contribution in [3.63, 3.8) is 0 Å². The van der Waals surface area contributed by atoms with Crippen molar-refractivity contribution in [2.75, 3.05) is 39.2 Å². The maximum absolute atomic E-state index is 13.5. The van der Waals surface area contributed by atoms with Gasteiger partial charge in [-0.25, -0.2) is 0 Å². The highest BCUT2D eigenvalue weighted by Crippen LogP contribution is 2.30. The van der Waals surface area contributed by atoms with Crippen molar-refractivity contribution in [2.45, 2.75) is 18.8 Å². The average molecular weight is 393 g/mol. The molecular weight excluding hydrogens is 367 g/mol. The van der Waals surface area contributed by atoms with Gasteiger partial charge >= 0.3 is 5.97 Å². The maximum Gasteiger partial charge on any atom is 0.303 e. The predicted octanol–water partition coefficient (Wildman–Crippen LogP) is 1.61. The van der Waals surface area contributed by atoms with Crippen molar-refractivity contribution in [2.24, 2.45) is 0 Å². The van der Waals surface area contributed by atoms with Crippen molar-refractivity contribution < 1.29 is 19.1 Å². The number of carbonyl (C=O) groups is 2. The zero-order chi connectivity index (χ0) is 21.0. The second-order valence-electron chi connectivity index (χ2n) is 7.35. The number of hydrogen-bond donors (Lipinski definition) is 0. The number of hydrogen-bond acceptors (Lipinski definition) is 5. The van der Waals surface area contributed by atoms with Gasteiger partial charge in [0.2, 0.25) is 0 Å². The van der Waals surface area contributed by atoms with Crippen LogP contribution in [0.2, 0.25) is 0 Å². The molecule has 1 aliphatic heterocycles. The van der Waals surface area contributed by atoms with Crippen molar-refractivity contribution in [1.82, 2.24) is 4.90 Å². The van der Waals surface area contributed by atoms with Crippen LogP contribution in [-0.4, -0.2) is 64.5 Å². The Hall–Kier alpha value is -2.80. The molecule has 2 atom stereocenters. The van der Waals surface area contributed by atoms with Crippen LogP contribution in [0.25, 0.3) is 0 Å². The average Bonchev–Trinajstić information content (AvgIpc) is 2.81. The van der Waals surface area contributed by atoms with Crippen LogP contribution in [0.15, 0.2) is 48.5 Å². The topological polar surface area (TPSA) is 59.1 Å². The molecule has 151 valence electrons. The quantitative estimate of drug-likeness (QED) is 0.551. The molecule has 0 saturated heterocycles. The number of rotatable bonds is 6. The highest BCUT2D eigenvalue weighted by molar-refractivity contribution is 6.58. The normalized spacial score (nSPS) is 18.7. The van der Waals surface area contributed by atoms with E-state index >= 15 is 0 Å². The van der Waals surface area contributed by atoms with Crippen LogP contribution < -0.4 is 15.1 Å². The molecule has 0 N–H and O–H groups in total. The molecule has 1 aliphatic rings. The second-order valence-corrected chi connectivity index (χ2v) is 7.35. The Morgan fingerprint density at radius 2 is 1.83 bits per heavy atom. The Morgan fingerprint density at radius 3 is 2.45 bits per heavy atom. The lowest BCUT2D eigenvalue weighted by molar-refractivity contribution is -0.153. The van der Waals surface area contributed by atoms with Gasteiger partial charge in [-0.15, -0.1) is 0 Å². The molecule has 2 aromatic carbocycles. The standard InChI is InChI=1S/C22H26BN2O4/c1-15(26)29-21-20(16-9-11-17(28-4)12-10-16)23-18-7-5-6-8-19(18)25(22(21)27)14-13-24(2)3/h5-12,20-21H,13-14H2,1-4H3/t20-,21+/m0/s1. The van der Waals surface area contributed by atoms with Crippen LogP contribution in [0.3, 0.4) is 0 Å². The highest BCUT2D eigenvalue weighted by Gasteiger charge is 2.40. The van der Waals surface area contributed by atoms with E-state index in [1.54, 1.807) is 12.0 Å². The van der Waals surface area contributed by atoms with E-state index in [1.807, 2.05) is 74.8 Å². The number of carbonyl (C=O) groups excluding carboxylic acids is 2. The summed E-state index contributed by atoms with van der Waals surface area (Å²) in [6.07, 6.45) is -0.935. The van der Waals surface area contributed by atoms with Crippen LogP contribution in [-0.2, 0) is 14.3 Å². The van der Waals surface area contributed by atoms with Crippen molar-refractivity contribution in [3.8, 4) is 5.75 Å². The minimum Gasteiger partial charge on any atom is -0.497 e. The molecule has 0 saturated carbocycles. The van der Waals surface area contributed by atoms with Crippen LogP contribution in [0, 0.1) is 0 Å². The van der Waals surface area contributed by atoms with Gasteiger partial charge in [-0.3, -0.25) is 9.59 Å². The number of amides is 1. The minimum absolute atomic E-state index is 0.218. The number of nitrogens with zero attached hydrogens (tertiary/aromatic N) is 2. The lowest BCUT2D eigenvalue weighted by Crippen LogP contribution is -2.45. The van der Waals surface area contributed by atoms with Gasteiger partial charge in [-0.2, -0.15) is 0 Å². The number of esters is 1. The van der Waals surface area contributed by atoms with Gasteiger partial charge in [0.1, 0.15) is 5.75 Å². The largest absolute Gasteiger partial charge is 0.497 e. The first-order valence-corrected chi connectivity index (χ1v) is 9.62. The maximum atomic E-state index is 13.5. The first-order valence-electron chi connectivity index (χ1n) is 9.62. The molecule has 0 aromatic heterocycles. The fraction of sp³-hybridized carbons (Fsp3) is 0.364. The summed E-state index contributed by atoms with van der Waals surface area (Å²) in [6.45, 7) is 2.53. The summed E-state index contributed by atoms with van der Waals surface area (Å²) in [5.74, 6) is -0.369. The third-order valence-corrected chi connectivity index (χ3v) is 4.99. The summed E-state index contributed by atoms with van der Waals surface area (Å²) in [4.78, 5) is 29.2. The number of likely N-dealkylation sites (N-methyl/N-ethyl adjacent to an activating group) is 1. The Kier molecular flexibility index (Phi) is 6.59. The van der Waals surface area contributed by atoms with Crippen molar-refractivity contribution in [1.29, 1.82) is 0 Å². The molecule has 7 heteroatoms. The fourth-order valence-electron chi connectivity index (χ4n) is 3.51. The van der Waals surface area contributed by atoms with Crippen molar-refractivity contribution in [3.05, 3.63) is 54.1 Å². The molecule has 0 aliphatic carbocycles. The molecule has 0 bridgehead atoms. The minimum atomic E-state index is -0.935. The number of ether oxygens (including phenoxy) is 2. The van der Waals surface area contributed by atoms with Gasteiger partial charge in [0.15, 0.2) is 13.4 Å². The van der Waals surface area contributed by atoms with Crippen LogP contribution >= 0.6 is 0 Å². The Morgan fingerprint density at radius 1 is 1.14 bits per heavy atom. The lowest BCUT2D eigenvalue weighted by atomic mass is 9.55. The summed E-state index contributed by atoms with van der Waals surface area (Å²) >= 11 is 0. The third-order valence-electron chi connectivity index (χ3n) is 4.99. The first-order chi connectivity index (χ1) is 13.9. The Balaban J connectivity index is 2.06. The number of anilines is 1. The van der Waals surface area contributed by atoms with E-state index in [0.29, 0.717) is 13.1 Å². The van der Waals surface area contributed by atoms with Crippen LogP contribution in [0.4, 0.5) is 5.69 Å². The van der Waals surface area contributed by atoms with E-state index in [4.69, 9.17) is 9.47 Å². The van der Waals surface area contributed by atoms with Gasteiger partial charge in [-0.05, 0) is 37.9 Å². The molecule has 1 amide bonds. The molecular formula is C22H26BN2O4. The fourth-order valence-corrected chi connectivity index (χ4v) is 3.51. The van der Waals surface area contributed by atoms with E-state index in [1.165, 1.54) is 6.92 Å². The van der Waals surface area contributed by atoms with E-state index in [9.17, 15) is 9.59 Å². The zero-order valence-electron chi connectivity index (χ0n) is 17.3. The van der Waals surface area contributed by atoms with E-state index in [-0.39, 0.29) is 5.91 Å². The number of benzene rings is 2. The smallest absolute Gasteiger partial charge is 0.303 e. The van der Waals surface area contributed by atoms with Gasteiger partial charge < -0.3 is 19.3 Å². The highest BCUT2D eigenvalue weighted by atomic mass is 16.5. The molecule has 2 aromatic rings. The van der Waals surface area contributed by atoms with Gasteiger partial charge in [0, 0.05) is 31.5 Å². The molecule has 1 radical (unpaired) electrons. The molecule has 6 nitrogen and oxygen atoms in total. The zero-order valence-corrected chi connectivity index (χ0v) is 17.3. The molecule has 0 spiro atoms. The summed E-state index contributed by atoms with van der Waals surface area (Å²) in [5, 5.41) is 0. The van der Waals surface area contributed by atoms with E-state index < -0.39 is 17.9 Å². The van der Waals surface area contributed by atoms with E-state index in [0.717, 1.165) is 22.5 Å². The number of methoxy groups -OCH3 is 1. The number of fused-ring (bicyclic) bond motifs is 1.